The molecule has 1 saturated heterocycles. The summed E-state index contributed by atoms with van der Waals surface area (Å²) in [5.74, 6) is 1.05. The number of fused-ring (bicyclic) bond motifs is 1. The molecular weight excluding hydrogens is 477 g/mol. The maximum atomic E-state index is 13.5. The number of benzene rings is 2. The summed E-state index contributed by atoms with van der Waals surface area (Å²) in [4.78, 5) is 11.1. The van der Waals surface area contributed by atoms with E-state index in [1.165, 1.54) is 29.6 Å². The van der Waals surface area contributed by atoms with E-state index in [1.807, 2.05) is 18.2 Å². The van der Waals surface area contributed by atoms with Gasteiger partial charge in [-0.15, -0.1) is 0 Å². The van der Waals surface area contributed by atoms with Crippen LogP contribution in [0.3, 0.4) is 0 Å². The predicted octanol–water partition coefficient (Wildman–Crippen LogP) is 6.38. The van der Waals surface area contributed by atoms with Gasteiger partial charge in [-0.25, -0.2) is 9.97 Å². The van der Waals surface area contributed by atoms with Gasteiger partial charge in [-0.2, -0.15) is 13.2 Å². The Morgan fingerprint density at radius 2 is 1.86 bits per heavy atom. The molecule has 1 aliphatic heterocycles. The van der Waals surface area contributed by atoms with Crippen LogP contribution in [0.4, 0.5) is 24.7 Å². The minimum absolute atomic E-state index is 0.192. The number of aliphatic hydroxyl groups is 1. The van der Waals surface area contributed by atoms with Crippen LogP contribution in [0.5, 0.6) is 0 Å². The van der Waals surface area contributed by atoms with Crippen molar-refractivity contribution in [3.05, 3.63) is 71.0 Å². The zero-order valence-electron chi connectivity index (χ0n) is 20.9. The third kappa shape index (κ3) is 6.13. The SMILES string of the molecule is OCCC1CCc2cccc(Nc3cc(-c4ccc(C(F)(F)F)cc4CN4CCCCC4)ncn3)c2C1. The van der Waals surface area contributed by atoms with Gasteiger partial charge in [0.05, 0.1) is 11.3 Å². The molecule has 196 valence electrons. The van der Waals surface area contributed by atoms with Crippen LogP contribution >= 0.6 is 0 Å². The number of hydrogen-bond acceptors (Lipinski definition) is 5. The first-order valence-corrected chi connectivity index (χ1v) is 13.1. The zero-order chi connectivity index (χ0) is 25.8. The molecule has 8 heteroatoms. The lowest BCUT2D eigenvalue weighted by Gasteiger charge is -2.27. The number of likely N-dealkylation sites (tertiary alicyclic amines) is 1. The minimum atomic E-state index is -4.39. The summed E-state index contributed by atoms with van der Waals surface area (Å²) in [6.45, 7) is 2.44. The second kappa shape index (κ2) is 11.2. The van der Waals surface area contributed by atoms with E-state index in [1.54, 1.807) is 0 Å². The van der Waals surface area contributed by atoms with Crippen molar-refractivity contribution in [2.24, 2.45) is 5.92 Å². The molecule has 2 aromatic carbocycles. The van der Waals surface area contributed by atoms with Gasteiger partial charge in [0, 0.05) is 30.5 Å². The fraction of sp³-hybridized carbons (Fsp3) is 0.448. The number of nitrogens with one attached hydrogen (secondary N) is 1. The molecule has 2 heterocycles. The van der Waals surface area contributed by atoms with Gasteiger partial charge in [-0.3, -0.25) is 4.90 Å². The van der Waals surface area contributed by atoms with Gasteiger partial charge in [0.25, 0.3) is 0 Å². The molecule has 5 nitrogen and oxygen atoms in total. The van der Waals surface area contributed by atoms with Crippen molar-refractivity contribution < 1.29 is 18.3 Å². The van der Waals surface area contributed by atoms with Crippen molar-refractivity contribution in [1.82, 2.24) is 14.9 Å². The van der Waals surface area contributed by atoms with Gasteiger partial charge in [-0.05, 0) is 92.4 Å². The Kier molecular flexibility index (Phi) is 7.76. The number of nitrogens with zero attached hydrogens (tertiary/aromatic N) is 3. The summed E-state index contributed by atoms with van der Waals surface area (Å²) in [5.41, 5.74) is 4.82. The molecular formula is C29H33F3N4O. The average molecular weight is 511 g/mol. The van der Waals surface area contributed by atoms with Crippen LogP contribution in [0.2, 0.25) is 0 Å². The average Bonchev–Trinajstić information content (AvgIpc) is 2.89. The summed E-state index contributed by atoms with van der Waals surface area (Å²) in [5, 5.41) is 12.8. The van der Waals surface area contributed by atoms with E-state index in [-0.39, 0.29) is 6.61 Å². The molecule has 0 amide bonds. The first-order chi connectivity index (χ1) is 17.9. The molecule has 2 aliphatic rings. The summed E-state index contributed by atoms with van der Waals surface area (Å²) >= 11 is 0. The van der Waals surface area contributed by atoms with Crippen molar-refractivity contribution in [1.29, 1.82) is 0 Å². The van der Waals surface area contributed by atoms with Crippen molar-refractivity contribution in [3.63, 3.8) is 0 Å². The van der Waals surface area contributed by atoms with E-state index in [9.17, 15) is 18.3 Å². The quantitative estimate of drug-likeness (QED) is 0.386. The van der Waals surface area contributed by atoms with E-state index in [0.717, 1.165) is 69.8 Å². The molecule has 5 rings (SSSR count). The van der Waals surface area contributed by atoms with Gasteiger partial charge < -0.3 is 10.4 Å². The maximum Gasteiger partial charge on any atom is 0.416 e. The highest BCUT2D eigenvalue weighted by Crippen LogP contribution is 2.36. The third-order valence-electron chi connectivity index (χ3n) is 7.61. The molecule has 1 atom stereocenters. The highest BCUT2D eigenvalue weighted by molar-refractivity contribution is 5.70. The Labute approximate surface area is 215 Å². The van der Waals surface area contributed by atoms with Crippen LogP contribution in [0.25, 0.3) is 11.3 Å². The molecule has 1 fully saturated rings. The summed E-state index contributed by atoms with van der Waals surface area (Å²) in [7, 11) is 0. The van der Waals surface area contributed by atoms with Crippen molar-refractivity contribution in [3.8, 4) is 11.3 Å². The lowest BCUT2D eigenvalue weighted by Crippen LogP contribution is -2.29. The number of aromatic nitrogens is 2. The fourth-order valence-electron chi connectivity index (χ4n) is 5.63. The first-order valence-electron chi connectivity index (χ1n) is 13.1. The van der Waals surface area contributed by atoms with Gasteiger partial charge in [0.2, 0.25) is 0 Å². The number of alkyl halides is 3. The number of aryl methyl sites for hydroxylation is 1. The zero-order valence-corrected chi connectivity index (χ0v) is 20.9. The van der Waals surface area contributed by atoms with E-state index in [4.69, 9.17) is 0 Å². The van der Waals surface area contributed by atoms with Gasteiger partial charge in [0.1, 0.15) is 12.1 Å². The number of hydrogen-bond donors (Lipinski definition) is 2. The number of anilines is 2. The van der Waals surface area contributed by atoms with E-state index < -0.39 is 11.7 Å². The van der Waals surface area contributed by atoms with E-state index in [2.05, 4.69) is 26.3 Å². The number of aliphatic hydroxyl groups excluding tert-OH is 1. The van der Waals surface area contributed by atoms with E-state index >= 15 is 0 Å². The molecule has 3 aromatic rings. The minimum Gasteiger partial charge on any atom is -0.396 e. The molecule has 0 saturated carbocycles. The number of halogens is 3. The lowest BCUT2D eigenvalue weighted by atomic mass is 9.81. The van der Waals surface area contributed by atoms with Crippen LogP contribution in [-0.4, -0.2) is 39.7 Å². The highest BCUT2D eigenvalue weighted by Gasteiger charge is 2.31. The molecule has 37 heavy (non-hydrogen) atoms. The maximum absolute atomic E-state index is 13.5. The van der Waals surface area contributed by atoms with Crippen LogP contribution in [0.15, 0.2) is 48.8 Å². The van der Waals surface area contributed by atoms with Crippen LogP contribution in [0.1, 0.15) is 54.4 Å². The molecule has 2 N–H and O–H groups in total. The summed E-state index contributed by atoms with van der Waals surface area (Å²) in [6.07, 6.45) is 4.11. The smallest absolute Gasteiger partial charge is 0.396 e. The lowest BCUT2D eigenvalue weighted by molar-refractivity contribution is -0.137. The molecule has 1 aromatic heterocycles. The second-order valence-electron chi connectivity index (χ2n) is 10.2. The summed E-state index contributed by atoms with van der Waals surface area (Å²) in [6, 6.07) is 12.0. The van der Waals surface area contributed by atoms with Crippen molar-refractivity contribution in [2.75, 3.05) is 25.0 Å². The predicted molar refractivity (Wildman–Crippen MR) is 139 cm³/mol. The number of rotatable bonds is 7. The van der Waals surface area contributed by atoms with Crippen molar-refractivity contribution in [2.45, 2.75) is 57.7 Å². The Hall–Kier alpha value is -2.97. The van der Waals surface area contributed by atoms with Crippen LogP contribution in [-0.2, 0) is 25.6 Å². The highest BCUT2D eigenvalue weighted by atomic mass is 19.4. The normalized spacial score (nSPS) is 18.4. The third-order valence-corrected chi connectivity index (χ3v) is 7.61. The van der Waals surface area contributed by atoms with Crippen molar-refractivity contribution >= 4 is 11.5 Å². The monoisotopic (exact) mass is 510 g/mol. The molecule has 1 unspecified atom stereocenters. The summed E-state index contributed by atoms with van der Waals surface area (Å²) < 4.78 is 40.6. The molecule has 0 bridgehead atoms. The largest absolute Gasteiger partial charge is 0.416 e. The van der Waals surface area contributed by atoms with Gasteiger partial charge in [0.15, 0.2) is 0 Å². The molecule has 0 radical (unpaired) electrons. The standard InChI is InChI=1S/C29H33F3N4O/c30-29(31,32)23-9-10-24(22(16-23)18-36-12-2-1-3-13-36)27-17-28(34-19-33-27)35-26-6-4-5-21-8-7-20(11-14-37)15-25(21)26/h4-6,9-10,16-17,19-20,37H,1-3,7-8,11-15,18H2,(H,33,34,35). The van der Waals surface area contributed by atoms with Crippen LogP contribution in [0, 0.1) is 5.92 Å². The Bertz CT molecular complexity index is 1220. The Morgan fingerprint density at radius 1 is 1.03 bits per heavy atom. The second-order valence-corrected chi connectivity index (χ2v) is 10.2. The topological polar surface area (TPSA) is 61.3 Å². The van der Waals surface area contributed by atoms with Gasteiger partial charge in [-0.1, -0.05) is 24.6 Å². The van der Waals surface area contributed by atoms with Crippen LogP contribution < -0.4 is 5.32 Å². The first kappa shape index (κ1) is 25.7. The molecule has 0 spiro atoms. The Balaban J connectivity index is 1.44. The molecule has 1 aliphatic carbocycles. The Morgan fingerprint density at radius 3 is 2.65 bits per heavy atom. The number of piperidine rings is 1. The fourth-order valence-corrected chi connectivity index (χ4v) is 5.63. The van der Waals surface area contributed by atoms with E-state index in [0.29, 0.717) is 35.1 Å². The van der Waals surface area contributed by atoms with Gasteiger partial charge >= 0.3 is 6.18 Å².